The molecule has 6 heteroatoms. The third kappa shape index (κ3) is 3.26. The molecule has 0 saturated heterocycles. The molecule has 120 valence electrons. The van der Waals surface area contributed by atoms with Gasteiger partial charge in [-0.15, -0.1) is 0 Å². The molecule has 0 aliphatic carbocycles. The Morgan fingerprint density at radius 1 is 1.25 bits per heavy atom. The van der Waals surface area contributed by atoms with Crippen LogP contribution < -0.4 is 15.6 Å². The number of methoxy groups -OCH3 is 1. The number of anilines is 1. The van der Waals surface area contributed by atoms with E-state index in [4.69, 9.17) is 10.00 Å². The van der Waals surface area contributed by atoms with Gasteiger partial charge in [0.15, 0.2) is 0 Å². The molecular formula is C18H14BrN3O2. The maximum Gasteiger partial charge on any atom is 0.253 e. The molecule has 1 heterocycles. The summed E-state index contributed by atoms with van der Waals surface area (Å²) in [5.74, 6) is 0.499. The monoisotopic (exact) mass is 383 g/mol. The van der Waals surface area contributed by atoms with Crippen LogP contribution in [-0.2, 0) is 6.54 Å². The van der Waals surface area contributed by atoms with Gasteiger partial charge in [-0.05, 0) is 41.8 Å². The van der Waals surface area contributed by atoms with Gasteiger partial charge in [-0.2, -0.15) is 5.26 Å². The molecule has 3 aromatic rings. The van der Waals surface area contributed by atoms with Crippen LogP contribution in [-0.4, -0.2) is 12.1 Å². The van der Waals surface area contributed by atoms with Crippen molar-refractivity contribution in [3.05, 3.63) is 68.4 Å². The lowest BCUT2D eigenvalue weighted by Gasteiger charge is -2.09. The third-order valence-corrected chi connectivity index (χ3v) is 4.18. The number of aromatic nitrogens is 1. The Bertz CT molecular complexity index is 1010. The van der Waals surface area contributed by atoms with Crippen LogP contribution in [0.3, 0.4) is 0 Å². The van der Waals surface area contributed by atoms with Crippen molar-refractivity contribution in [2.75, 3.05) is 12.4 Å². The molecule has 0 aliphatic heterocycles. The second-order valence-corrected chi connectivity index (χ2v) is 6.15. The molecule has 0 unspecified atom stereocenters. The smallest absolute Gasteiger partial charge is 0.253 e. The maximum atomic E-state index is 12.2. The van der Waals surface area contributed by atoms with Crippen molar-refractivity contribution in [1.82, 2.24) is 4.98 Å². The molecule has 0 spiro atoms. The first-order chi connectivity index (χ1) is 11.6. The van der Waals surface area contributed by atoms with E-state index in [0.717, 1.165) is 21.1 Å². The number of H-pyrrole nitrogens is 1. The van der Waals surface area contributed by atoms with Gasteiger partial charge < -0.3 is 15.0 Å². The first-order valence-electron chi connectivity index (χ1n) is 7.24. The molecule has 0 aliphatic rings. The topological polar surface area (TPSA) is 77.9 Å². The van der Waals surface area contributed by atoms with Gasteiger partial charge >= 0.3 is 0 Å². The number of benzene rings is 2. The average molecular weight is 384 g/mol. The molecule has 0 bridgehead atoms. The highest BCUT2D eigenvalue weighted by Gasteiger charge is 2.06. The lowest BCUT2D eigenvalue weighted by molar-refractivity contribution is 0.413. The van der Waals surface area contributed by atoms with Gasteiger partial charge in [0.05, 0.1) is 12.7 Å². The lowest BCUT2D eigenvalue weighted by atomic mass is 10.1. The van der Waals surface area contributed by atoms with Gasteiger partial charge in [0.1, 0.15) is 11.8 Å². The highest BCUT2D eigenvalue weighted by atomic mass is 79.9. The molecular weight excluding hydrogens is 370 g/mol. The molecule has 24 heavy (non-hydrogen) atoms. The largest absolute Gasteiger partial charge is 0.495 e. The number of hydrogen-bond donors (Lipinski definition) is 2. The van der Waals surface area contributed by atoms with Crippen LogP contribution in [0.25, 0.3) is 10.9 Å². The Kier molecular flexibility index (Phi) is 4.54. The fourth-order valence-electron chi connectivity index (χ4n) is 2.44. The highest BCUT2D eigenvalue weighted by molar-refractivity contribution is 9.10. The van der Waals surface area contributed by atoms with Crippen LogP contribution in [0.5, 0.6) is 5.75 Å². The van der Waals surface area contributed by atoms with Crippen molar-refractivity contribution >= 4 is 32.5 Å². The quantitative estimate of drug-likeness (QED) is 0.718. The second kappa shape index (κ2) is 6.77. The number of fused-ring (bicyclic) bond motifs is 1. The normalized spacial score (nSPS) is 10.4. The summed E-state index contributed by atoms with van der Waals surface area (Å²) in [5.41, 5.74) is 2.55. The number of nitrogens with zero attached hydrogens (tertiary/aromatic N) is 1. The number of nitrogens with one attached hydrogen (secondary N) is 2. The van der Waals surface area contributed by atoms with E-state index in [0.29, 0.717) is 23.4 Å². The van der Waals surface area contributed by atoms with Crippen molar-refractivity contribution in [3.63, 3.8) is 0 Å². The van der Waals surface area contributed by atoms with Crippen LogP contribution in [0.1, 0.15) is 11.1 Å². The fourth-order valence-corrected chi connectivity index (χ4v) is 2.82. The Morgan fingerprint density at radius 3 is 2.83 bits per heavy atom. The average Bonchev–Trinajstić information content (AvgIpc) is 2.60. The summed E-state index contributed by atoms with van der Waals surface area (Å²) in [7, 11) is 1.52. The number of pyridine rings is 1. The summed E-state index contributed by atoms with van der Waals surface area (Å²) in [6.07, 6.45) is 0. The first kappa shape index (κ1) is 16.1. The third-order valence-electron chi connectivity index (χ3n) is 3.69. The summed E-state index contributed by atoms with van der Waals surface area (Å²) in [4.78, 5) is 15.1. The molecule has 3 rings (SSSR count). The first-order valence-corrected chi connectivity index (χ1v) is 8.03. The summed E-state index contributed by atoms with van der Waals surface area (Å²) < 4.78 is 6.14. The molecule has 0 amide bonds. The maximum absolute atomic E-state index is 12.2. The lowest BCUT2D eigenvalue weighted by Crippen LogP contribution is -2.15. The molecule has 2 N–H and O–H groups in total. The second-order valence-electron chi connectivity index (χ2n) is 5.24. The van der Waals surface area contributed by atoms with Gasteiger partial charge in [0, 0.05) is 33.9 Å². The highest BCUT2D eigenvalue weighted by Crippen LogP contribution is 2.23. The van der Waals surface area contributed by atoms with Crippen LogP contribution >= 0.6 is 15.9 Å². The Morgan fingerprint density at radius 2 is 2.08 bits per heavy atom. The van der Waals surface area contributed by atoms with Gasteiger partial charge in [-0.25, -0.2) is 0 Å². The number of aromatic amines is 1. The van der Waals surface area contributed by atoms with Crippen LogP contribution in [0.2, 0.25) is 0 Å². The Balaban J connectivity index is 1.87. The minimum atomic E-state index is -0.127. The molecule has 0 atom stereocenters. The number of nitriles is 1. The van der Waals surface area contributed by atoms with Crippen LogP contribution in [0.4, 0.5) is 5.69 Å². The minimum Gasteiger partial charge on any atom is -0.495 e. The number of halogens is 1. The van der Waals surface area contributed by atoms with Crippen molar-refractivity contribution in [3.8, 4) is 11.8 Å². The van der Waals surface area contributed by atoms with Gasteiger partial charge in [0.25, 0.3) is 5.56 Å². The SMILES string of the molecule is COc1cc(NCc2cc3cc(Br)ccc3[nH]c2=O)ccc1C#N. The Hall–Kier alpha value is -2.78. The number of hydrogen-bond acceptors (Lipinski definition) is 4. The van der Waals surface area contributed by atoms with E-state index in [1.807, 2.05) is 24.3 Å². The molecule has 0 radical (unpaired) electrons. The predicted molar refractivity (Wildman–Crippen MR) is 97.3 cm³/mol. The van der Waals surface area contributed by atoms with E-state index in [9.17, 15) is 4.79 Å². The van der Waals surface area contributed by atoms with Crippen molar-refractivity contribution in [1.29, 1.82) is 5.26 Å². The predicted octanol–water partition coefficient (Wildman–Crippen LogP) is 3.78. The number of ether oxygens (including phenoxy) is 1. The zero-order valence-corrected chi connectivity index (χ0v) is 14.5. The van der Waals surface area contributed by atoms with E-state index in [-0.39, 0.29) is 5.56 Å². The van der Waals surface area contributed by atoms with Gasteiger partial charge in [0.2, 0.25) is 0 Å². The summed E-state index contributed by atoms with van der Waals surface area (Å²) in [6.45, 7) is 0.368. The van der Waals surface area contributed by atoms with E-state index in [1.54, 1.807) is 18.2 Å². The molecule has 0 saturated carbocycles. The van der Waals surface area contributed by atoms with E-state index in [1.165, 1.54) is 7.11 Å². The zero-order chi connectivity index (χ0) is 17.1. The van der Waals surface area contributed by atoms with E-state index >= 15 is 0 Å². The molecule has 2 aromatic carbocycles. The standard InChI is InChI=1S/C18H14BrN3O2/c1-24-17-8-15(4-2-11(17)9-20)21-10-13-6-12-7-14(19)3-5-16(12)22-18(13)23/h2-8,21H,10H2,1H3,(H,22,23). The molecule has 1 aromatic heterocycles. The summed E-state index contributed by atoms with van der Waals surface area (Å²) in [5, 5.41) is 13.2. The van der Waals surface area contributed by atoms with Crippen LogP contribution in [0, 0.1) is 11.3 Å². The van der Waals surface area contributed by atoms with Gasteiger partial charge in [-0.1, -0.05) is 15.9 Å². The number of rotatable bonds is 4. The fraction of sp³-hybridized carbons (Fsp3) is 0.111. The Labute approximate surface area is 147 Å². The molecule has 5 nitrogen and oxygen atoms in total. The van der Waals surface area contributed by atoms with E-state index in [2.05, 4.69) is 32.3 Å². The van der Waals surface area contributed by atoms with E-state index < -0.39 is 0 Å². The van der Waals surface area contributed by atoms with Crippen molar-refractivity contribution < 1.29 is 4.74 Å². The molecule has 0 fully saturated rings. The van der Waals surface area contributed by atoms with Gasteiger partial charge in [-0.3, -0.25) is 4.79 Å². The zero-order valence-electron chi connectivity index (χ0n) is 12.9. The van der Waals surface area contributed by atoms with Crippen LogP contribution in [0.15, 0.2) is 51.7 Å². The summed E-state index contributed by atoms with van der Waals surface area (Å²) >= 11 is 3.43. The minimum absolute atomic E-state index is 0.127. The van der Waals surface area contributed by atoms with Crippen molar-refractivity contribution in [2.45, 2.75) is 6.54 Å². The van der Waals surface area contributed by atoms with Crippen molar-refractivity contribution in [2.24, 2.45) is 0 Å². The summed E-state index contributed by atoms with van der Waals surface area (Å²) in [6, 6.07) is 14.9.